The molecule has 25 heavy (non-hydrogen) atoms. The van der Waals surface area contributed by atoms with Crippen molar-refractivity contribution in [2.45, 2.75) is 12.8 Å². The third-order valence-electron chi connectivity index (χ3n) is 5.16. The molecule has 4 aliphatic rings. The number of imide groups is 1. The molecular formula is C20H14InNO2S. The van der Waals surface area contributed by atoms with Gasteiger partial charge in [-0.25, -0.2) is 0 Å². The molecule has 2 amide bonds. The second kappa shape index (κ2) is 5.92. The van der Waals surface area contributed by atoms with Crippen molar-refractivity contribution in [3.8, 4) is 0 Å². The molecule has 1 N–H and O–H groups in total. The molecule has 0 unspecified atom stereocenters. The van der Waals surface area contributed by atoms with Crippen molar-refractivity contribution in [2.24, 2.45) is 0 Å². The second-order valence-corrected chi connectivity index (χ2v) is 15.4. The number of nitrogens with one attached hydrogen (secondary N) is 1. The quantitative estimate of drug-likeness (QED) is 0.736. The Hall–Kier alpha value is -1.72. The van der Waals surface area contributed by atoms with Gasteiger partial charge < -0.3 is 0 Å². The van der Waals surface area contributed by atoms with Crippen molar-refractivity contribution in [3.05, 3.63) is 77.3 Å². The Kier molecular flexibility index (Phi) is 3.68. The van der Waals surface area contributed by atoms with Crippen LogP contribution in [0.3, 0.4) is 0 Å². The van der Waals surface area contributed by atoms with Gasteiger partial charge in [-0.15, -0.1) is 0 Å². The van der Waals surface area contributed by atoms with Crippen molar-refractivity contribution in [3.63, 3.8) is 0 Å². The molecule has 0 aromatic heterocycles. The van der Waals surface area contributed by atoms with Gasteiger partial charge in [0.25, 0.3) is 0 Å². The van der Waals surface area contributed by atoms with Gasteiger partial charge in [0, 0.05) is 0 Å². The average molecular weight is 447 g/mol. The molecule has 2 bridgehead atoms. The van der Waals surface area contributed by atoms with Gasteiger partial charge in [0.05, 0.1) is 0 Å². The number of amides is 2. The van der Waals surface area contributed by atoms with Crippen molar-refractivity contribution in [1.29, 1.82) is 0 Å². The van der Waals surface area contributed by atoms with Crippen LogP contribution in [0.15, 0.2) is 66.2 Å². The van der Waals surface area contributed by atoms with Crippen LogP contribution in [-0.4, -0.2) is 32.6 Å². The van der Waals surface area contributed by atoms with E-state index >= 15 is 0 Å². The summed E-state index contributed by atoms with van der Waals surface area (Å²) < 4.78 is 4.36. The van der Waals surface area contributed by atoms with Crippen LogP contribution in [0.2, 0.25) is 0 Å². The van der Waals surface area contributed by atoms with Crippen LogP contribution in [0, 0.1) is 0 Å². The zero-order valence-corrected chi connectivity index (χ0v) is 17.5. The van der Waals surface area contributed by atoms with Gasteiger partial charge in [0.15, 0.2) is 0 Å². The van der Waals surface area contributed by atoms with E-state index in [0.717, 1.165) is 24.6 Å². The van der Waals surface area contributed by atoms with Gasteiger partial charge in [0.2, 0.25) is 0 Å². The third-order valence-corrected chi connectivity index (χ3v) is 16.8. The molecule has 0 saturated carbocycles. The Labute approximate surface area is 157 Å². The SMILES string of the molecule is O=C1NC(=O)/C(=[C]2\C3=[C](CCc4ccccc4)[In]2[c]2ccccc23)S1. The Morgan fingerprint density at radius 2 is 1.68 bits per heavy atom. The number of rotatable bonds is 3. The summed E-state index contributed by atoms with van der Waals surface area (Å²) in [7, 11) is 0. The van der Waals surface area contributed by atoms with E-state index in [-0.39, 0.29) is 11.1 Å². The average Bonchev–Trinajstić information content (AvgIpc) is 3.23. The molecule has 2 aromatic rings. The van der Waals surface area contributed by atoms with E-state index in [1.807, 2.05) is 6.07 Å². The molecule has 5 heteroatoms. The number of thioether (sulfide) groups is 1. The normalized spacial score (nSPS) is 20.7. The van der Waals surface area contributed by atoms with Crippen molar-refractivity contribution < 1.29 is 9.59 Å². The number of hydrogen-bond acceptors (Lipinski definition) is 3. The number of carbonyl (C=O) groups is 2. The number of aryl methyl sites for hydroxylation is 1. The summed E-state index contributed by atoms with van der Waals surface area (Å²) in [4.78, 5) is 24.5. The van der Waals surface area contributed by atoms with E-state index in [9.17, 15) is 9.59 Å². The second-order valence-electron chi connectivity index (χ2n) is 6.49. The fraction of sp³-hybridized carbons (Fsp3) is 0.100. The third kappa shape index (κ3) is 2.36. The first-order valence-corrected chi connectivity index (χ1v) is 14.1. The molecule has 0 radical (unpaired) electrons. The minimum absolute atomic E-state index is 0.195. The molecule has 3 nitrogen and oxygen atoms in total. The molecular weight excluding hydrogens is 433 g/mol. The fourth-order valence-electron chi connectivity index (χ4n) is 4.12. The molecule has 4 heterocycles. The first-order valence-electron chi connectivity index (χ1n) is 8.38. The molecule has 4 aliphatic heterocycles. The van der Waals surface area contributed by atoms with Crippen molar-refractivity contribution >= 4 is 53.2 Å². The standard InChI is InChI=1S/C20H14NO2S.In/c22-19-18(24-20(23)21-19)14-17(16-11-5-2-6-12-16)13-7-10-15-8-3-1-4-9-15;/h1-6,8-9,11H,7,10H2,(H,21,22,23);. The molecule has 0 spiro atoms. The van der Waals surface area contributed by atoms with Crippen LogP contribution in [0.4, 0.5) is 4.79 Å². The first kappa shape index (κ1) is 15.5. The van der Waals surface area contributed by atoms with Crippen LogP contribution in [0.5, 0.6) is 0 Å². The molecule has 0 aliphatic carbocycles. The molecule has 0 atom stereocenters. The maximum absolute atomic E-state index is 12.2. The first-order chi connectivity index (χ1) is 12.2. The van der Waals surface area contributed by atoms with E-state index in [4.69, 9.17) is 0 Å². The van der Waals surface area contributed by atoms with Crippen LogP contribution in [0.25, 0.3) is 5.57 Å². The summed E-state index contributed by atoms with van der Waals surface area (Å²) in [6, 6.07) is 19.1. The van der Waals surface area contributed by atoms with E-state index in [2.05, 4.69) is 53.8 Å². The molecule has 2 aromatic carbocycles. The summed E-state index contributed by atoms with van der Waals surface area (Å²) in [5.41, 5.74) is 3.97. The Bertz CT molecular complexity index is 994. The number of benzene rings is 2. The zero-order valence-electron chi connectivity index (χ0n) is 13.4. The molecule has 1 fully saturated rings. The summed E-state index contributed by atoms with van der Waals surface area (Å²) in [5.74, 6) is -0.195. The number of allylic oxidation sites excluding steroid dienone is 3. The van der Waals surface area contributed by atoms with Crippen molar-refractivity contribution in [1.82, 2.24) is 5.32 Å². The van der Waals surface area contributed by atoms with Gasteiger partial charge in [-0.3, -0.25) is 0 Å². The predicted molar refractivity (Wildman–Crippen MR) is 102 cm³/mol. The van der Waals surface area contributed by atoms with E-state index in [1.165, 1.54) is 23.3 Å². The maximum atomic E-state index is 12.2. The minimum atomic E-state index is -2.31. The molecule has 120 valence electrons. The van der Waals surface area contributed by atoms with E-state index in [1.54, 1.807) is 3.33 Å². The zero-order chi connectivity index (χ0) is 17.0. The van der Waals surface area contributed by atoms with Gasteiger partial charge in [-0.1, -0.05) is 0 Å². The molecule has 1 saturated heterocycles. The summed E-state index contributed by atoms with van der Waals surface area (Å²) in [6.45, 7) is 0. The monoisotopic (exact) mass is 447 g/mol. The van der Waals surface area contributed by atoms with E-state index < -0.39 is 21.4 Å². The topological polar surface area (TPSA) is 46.2 Å². The van der Waals surface area contributed by atoms with Gasteiger partial charge in [-0.2, -0.15) is 0 Å². The summed E-state index contributed by atoms with van der Waals surface area (Å²) in [6.07, 6.45) is 2.12. The summed E-state index contributed by atoms with van der Waals surface area (Å²) in [5, 5.41) is 2.19. The number of carbonyl (C=O) groups excluding carboxylic acids is 2. The predicted octanol–water partition coefficient (Wildman–Crippen LogP) is 3.12. The number of hydrogen-bond donors (Lipinski definition) is 1. The van der Waals surface area contributed by atoms with E-state index in [0.29, 0.717) is 4.91 Å². The van der Waals surface area contributed by atoms with Gasteiger partial charge in [-0.05, 0) is 0 Å². The van der Waals surface area contributed by atoms with Crippen LogP contribution in [-0.2, 0) is 11.2 Å². The van der Waals surface area contributed by atoms with Crippen LogP contribution < -0.4 is 8.64 Å². The summed E-state index contributed by atoms with van der Waals surface area (Å²) >= 11 is -1.22. The van der Waals surface area contributed by atoms with Gasteiger partial charge >= 0.3 is 158 Å². The Morgan fingerprint density at radius 1 is 0.920 bits per heavy atom. The Morgan fingerprint density at radius 3 is 2.40 bits per heavy atom. The van der Waals surface area contributed by atoms with Crippen LogP contribution in [0.1, 0.15) is 17.5 Å². The Balaban J connectivity index is 1.54. The van der Waals surface area contributed by atoms with Gasteiger partial charge in [0.1, 0.15) is 0 Å². The van der Waals surface area contributed by atoms with Crippen LogP contribution >= 0.6 is 11.8 Å². The van der Waals surface area contributed by atoms with Crippen molar-refractivity contribution in [2.75, 3.05) is 0 Å². The fourth-order valence-corrected chi connectivity index (χ4v) is 16.7. The molecule has 6 rings (SSSR count).